The molecule has 0 N–H and O–H groups in total. The van der Waals surface area contributed by atoms with Gasteiger partial charge >= 0.3 is 0 Å². The summed E-state index contributed by atoms with van der Waals surface area (Å²) in [4.78, 5) is 17.0. The Bertz CT molecular complexity index is 914. The number of benzene rings is 1. The molecular formula is C21H26N4OS. The van der Waals surface area contributed by atoms with Crippen LogP contribution in [0.15, 0.2) is 30.3 Å². The Balaban J connectivity index is 1.55. The fourth-order valence-electron chi connectivity index (χ4n) is 3.54. The molecule has 6 heteroatoms. The molecule has 0 radical (unpaired) electrons. The van der Waals surface area contributed by atoms with Crippen LogP contribution < -0.4 is 14.5 Å². The van der Waals surface area contributed by atoms with Crippen LogP contribution in [-0.4, -0.2) is 43.3 Å². The van der Waals surface area contributed by atoms with Crippen LogP contribution in [0.2, 0.25) is 0 Å². The third-order valence-corrected chi connectivity index (χ3v) is 6.32. The van der Waals surface area contributed by atoms with E-state index >= 15 is 0 Å². The van der Waals surface area contributed by atoms with Gasteiger partial charge in [0.2, 0.25) is 0 Å². The number of aryl methyl sites for hydroxylation is 2. The average Bonchev–Trinajstić information content (AvgIpc) is 3.16. The summed E-state index contributed by atoms with van der Waals surface area (Å²) in [6, 6.07) is 10.6. The molecule has 3 heterocycles. The zero-order chi connectivity index (χ0) is 18.8. The first-order valence-corrected chi connectivity index (χ1v) is 10.5. The van der Waals surface area contributed by atoms with Crippen molar-refractivity contribution < 1.29 is 4.74 Å². The highest BCUT2D eigenvalue weighted by molar-refractivity contribution is 7.18. The molecule has 0 spiro atoms. The average molecular weight is 383 g/mol. The maximum atomic E-state index is 5.27. The number of methoxy groups -OCH3 is 1. The first-order chi connectivity index (χ1) is 13.2. The van der Waals surface area contributed by atoms with Crippen molar-refractivity contribution in [3.63, 3.8) is 0 Å². The van der Waals surface area contributed by atoms with E-state index in [0.717, 1.165) is 61.2 Å². The normalized spacial score (nSPS) is 14.8. The lowest BCUT2D eigenvalue weighted by molar-refractivity contribution is 0.415. The van der Waals surface area contributed by atoms with Crippen LogP contribution in [-0.2, 0) is 12.8 Å². The van der Waals surface area contributed by atoms with E-state index in [1.165, 1.54) is 16.0 Å². The molecule has 0 unspecified atom stereocenters. The molecule has 1 aromatic carbocycles. The van der Waals surface area contributed by atoms with Crippen molar-refractivity contribution in [2.45, 2.75) is 26.7 Å². The van der Waals surface area contributed by atoms with E-state index in [2.05, 4.69) is 41.8 Å². The fraction of sp³-hybridized carbons (Fsp3) is 0.429. The Morgan fingerprint density at radius 3 is 2.30 bits per heavy atom. The van der Waals surface area contributed by atoms with Gasteiger partial charge in [0.1, 0.15) is 22.2 Å². The Morgan fingerprint density at radius 2 is 1.67 bits per heavy atom. The minimum absolute atomic E-state index is 0.869. The molecule has 1 aliphatic rings. The van der Waals surface area contributed by atoms with E-state index < -0.39 is 0 Å². The number of thiophene rings is 1. The molecule has 2 aromatic heterocycles. The van der Waals surface area contributed by atoms with Gasteiger partial charge < -0.3 is 14.5 Å². The molecule has 5 nitrogen and oxygen atoms in total. The van der Waals surface area contributed by atoms with E-state index in [1.807, 2.05) is 12.1 Å². The lowest BCUT2D eigenvalue weighted by atomic mass is 10.2. The molecular weight excluding hydrogens is 356 g/mol. The first-order valence-electron chi connectivity index (χ1n) is 9.65. The molecule has 0 aliphatic carbocycles. The summed E-state index contributed by atoms with van der Waals surface area (Å²) >= 11 is 1.81. The van der Waals surface area contributed by atoms with Crippen LogP contribution in [0.4, 0.5) is 11.5 Å². The summed E-state index contributed by atoms with van der Waals surface area (Å²) in [5, 5.41) is 1.21. The van der Waals surface area contributed by atoms with Crippen molar-refractivity contribution >= 4 is 33.1 Å². The molecule has 3 aromatic rings. The summed E-state index contributed by atoms with van der Waals surface area (Å²) in [6.45, 7) is 8.25. The van der Waals surface area contributed by atoms with E-state index in [1.54, 1.807) is 18.4 Å². The van der Waals surface area contributed by atoms with Crippen molar-refractivity contribution in [3.05, 3.63) is 41.0 Å². The van der Waals surface area contributed by atoms with Gasteiger partial charge in [-0.1, -0.05) is 13.8 Å². The Morgan fingerprint density at radius 1 is 0.963 bits per heavy atom. The number of hydrogen-bond acceptors (Lipinski definition) is 6. The van der Waals surface area contributed by atoms with Crippen molar-refractivity contribution in [1.29, 1.82) is 0 Å². The Kier molecular flexibility index (Phi) is 5.16. The maximum absolute atomic E-state index is 5.27. The number of fused-ring (bicyclic) bond motifs is 1. The number of nitrogens with zero attached hydrogens (tertiary/aromatic N) is 4. The molecule has 1 aliphatic heterocycles. The molecule has 4 rings (SSSR count). The van der Waals surface area contributed by atoms with Crippen LogP contribution in [0.1, 0.15) is 24.5 Å². The predicted molar refractivity (Wildman–Crippen MR) is 114 cm³/mol. The smallest absolute Gasteiger partial charge is 0.141 e. The SMILES string of the molecule is CCc1nc(N2CCN(c3ccc(OC)cc3)CC2)c2cc(CC)sc2n1. The monoisotopic (exact) mass is 382 g/mol. The van der Waals surface area contributed by atoms with Gasteiger partial charge in [0.15, 0.2) is 0 Å². The summed E-state index contributed by atoms with van der Waals surface area (Å²) in [7, 11) is 1.70. The first kappa shape index (κ1) is 18.0. The minimum atomic E-state index is 0.869. The molecule has 27 heavy (non-hydrogen) atoms. The van der Waals surface area contributed by atoms with Crippen molar-refractivity contribution in [2.24, 2.45) is 0 Å². The molecule has 0 amide bonds. The lowest BCUT2D eigenvalue weighted by Crippen LogP contribution is -2.47. The molecule has 0 saturated carbocycles. The third kappa shape index (κ3) is 3.58. The highest BCUT2D eigenvalue weighted by Crippen LogP contribution is 2.32. The Hall–Kier alpha value is -2.34. The van der Waals surface area contributed by atoms with Crippen LogP contribution in [0.25, 0.3) is 10.2 Å². The summed E-state index contributed by atoms with van der Waals surface area (Å²) in [5.41, 5.74) is 1.25. The fourth-order valence-corrected chi connectivity index (χ4v) is 4.52. The second kappa shape index (κ2) is 7.72. The van der Waals surface area contributed by atoms with E-state index in [4.69, 9.17) is 14.7 Å². The van der Waals surface area contributed by atoms with Crippen LogP contribution >= 0.6 is 11.3 Å². The van der Waals surface area contributed by atoms with E-state index in [0.29, 0.717) is 0 Å². The number of ether oxygens (including phenoxy) is 1. The van der Waals surface area contributed by atoms with Gasteiger partial charge in [-0.25, -0.2) is 9.97 Å². The van der Waals surface area contributed by atoms with Crippen LogP contribution in [0, 0.1) is 0 Å². The van der Waals surface area contributed by atoms with Crippen molar-refractivity contribution in [1.82, 2.24) is 9.97 Å². The van der Waals surface area contributed by atoms with E-state index in [-0.39, 0.29) is 0 Å². The molecule has 0 bridgehead atoms. The van der Waals surface area contributed by atoms with Crippen LogP contribution in [0.5, 0.6) is 5.75 Å². The summed E-state index contributed by atoms with van der Waals surface area (Å²) < 4.78 is 5.27. The summed E-state index contributed by atoms with van der Waals surface area (Å²) in [5.74, 6) is 2.96. The van der Waals surface area contributed by atoms with Crippen molar-refractivity contribution in [2.75, 3.05) is 43.1 Å². The van der Waals surface area contributed by atoms with Gasteiger partial charge in [0, 0.05) is 43.2 Å². The van der Waals surface area contributed by atoms with Crippen molar-refractivity contribution in [3.8, 4) is 5.75 Å². The zero-order valence-corrected chi connectivity index (χ0v) is 17.1. The van der Waals surface area contributed by atoms with Gasteiger partial charge in [0.05, 0.1) is 12.5 Å². The highest BCUT2D eigenvalue weighted by Gasteiger charge is 2.22. The third-order valence-electron chi connectivity index (χ3n) is 5.15. The van der Waals surface area contributed by atoms with Gasteiger partial charge in [-0.15, -0.1) is 11.3 Å². The van der Waals surface area contributed by atoms with Gasteiger partial charge in [0.25, 0.3) is 0 Å². The standard InChI is InChI=1S/C21H26N4OS/c1-4-17-14-18-20(22-19(5-2)23-21(18)27-17)25-12-10-24(11-13-25)15-6-8-16(26-3)9-7-15/h6-9,14H,4-5,10-13H2,1-3H3. The molecule has 142 valence electrons. The number of anilines is 2. The molecule has 1 saturated heterocycles. The summed E-state index contributed by atoms with van der Waals surface area (Å²) in [6.07, 6.45) is 1.92. The Labute approximate surface area is 164 Å². The predicted octanol–water partition coefficient (Wildman–Crippen LogP) is 4.15. The second-order valence-corrected chi connectivity index (χ2v) is 7.89. The number of rotatable bonds is 5. The number of hydrogen-bond donors (Lipinski definition) is 0. The van der Waals surface area contributed by atoms with Gasteiger partial charge in [-0.3, -0.25) is 0 Å². The number of aromatic nitrogens is 2. The van der Waals surface area contributed by atoms with Gasteiger partial charge in [-0.2, -0.15) is 0 Å². The maximum Gasteiger partial charge on any atom is 0.141 e. The van der Waals surface area contributed by atoms with Gasteiger partial charge in [-0.05, 0) is 36.8 Å². The second-order valence-electron chi connectivity index (χ2n) is 6.77. The highest BCUT2D eigenvalue weighted by atomic mass is 32.1. The lowest BCUT2D eigenvalue weighted by Gasteiger charge is -2.37. The number of piperazine rings is 1. The topological polar surface area (TPSA) is 41.5 Å². The van der Waals surface area contributed by atoms with Crippen LogP contribution in [0.3, 0.4) is 0 Å². The minimum Gasteiger partial charge on any atom is -0.497 e. The molecule has 1 fully saturated rings. The molecule has 0 atom stereocenters. The quantitative estimate of drug-likeness (QED) is 0.663. The largest absolute Gasteiger partial charge is 0.497 e. The van der Waals surface area contributed by atoms with E-state index in [9.17, 15) is 0 Å². The zero-order valence-electron chi connectivity index (χ0n) is 16.2.